The Hall–Kier alpha value is -1.67. The second-order valence-corrected chi connectivity index (χ2v) is 4.23. The van der Waals surface area contributed by atoms with Crippen molar-refractivity contribution in [3.8, 4) is 0 Å². The summed E-state index contributed by atoms with van der Waals surface area (Å²) in [6.07, 6.45) is 0. The smallest absolute Gasteiger partial charge is 0.394 e. The van der Waals surface area contributed by atoms with Crippen LogP contribution < -0.4 is 4.90 Å². The lowest BCUT2D eigenvalue weighted by Crippen LogP contribution is -2.48. The number of nitrogens with zero attached hydrogens (tertiary/aromatic N) is 4. The van der Waals surface area contributed by atoms with Gasteiger partial charge in [-0.15, -0.1) is 0 Å². The van der Waals surface area contributed by atoms with Crippen LogP contribution in [0, 0.1) is 17.0 Å². The third kappa shape index (κ3) is 2.04. The number of aliphatic hydroxyl groups is 1. The topological polar surface area (TPSA) is 93.7 Å². The molecule has 1 aromatic heterocycles. The highest BCUT2D eigenvalue weighted by molar-refractivity contribution is 5.57. The van der Waals surface area contributed by atoms with Crippen LogP contribution in [0.25, 0.3) is 0 Å². The van der Waals surface area contributed by atoms with Gasteiger partial charge in [-0.05, 0) is 9.91 Å². The molecule has 1 atom stereocenters. The van der Waals surface area contributed by atoms with Crippen LogP contribution >= 0.6 is 0 Å². The Balaban J connectivity index is 2.44. The van der Waals surface area contributed by atoms with Crippen molar-refractivity contribution in [2.75, 3.05) is 31.3 Å². The molecular weight excluding hydrogens is 240 g/mol. The predicted octanol–water partition coefficient (Wildman–Crippen LogP) is -0.166. The van der Waals surface area contributed by atoms with Crippen molar-refractivity contribution in [2.24, 2.45) is 7.05 Å². The van der Waals surface area contributed by atoms with E-state index in [4.69, 9.17) is 4.74 Å². The number of aromatic nitrogens is 2. The van der Waals surface area contributed by atoms with Gasteiger partial charge in [-0.25, -0.2) is 0 Å². The standard InChI is InChI=1S/C10H16N4O4/c1-7-11-9(14(16)17)10(12(7)2)13-3-4-18-6-8(13)5-15/h8,15H,3-6H2,1-2H3. The maximum Gasteiger partial charge on any atom is 0.406 e. The van der Waals surface area contributed by atoms with E-state index in [0.717, 1.165) is 0 Å². The van der Waals surface area contributed by atoms with Gasteiger partial charge in [-0.3, -0.25) is 4.57 Å². The van der Waals surface area contributed by atoms with Crippen molar-refractivity contribution in [3.05, 3.63) is 15.9 Å². The number of anilines is 1. The molecule has 1 aliphatic heterocycles. The number of aliphatic hydroxyl groups excluding tert-OH is 1. The average Bonchev–Trinajstić information content (AvgIpc) is 2.66. The number of morpholine rings is 1. The number of aryl methyl sites for hydroxylation is 1. The molecule has 0 saturated carbocycles. The molecule has 0 bridgehead atoms. The summed E-state index contributed by atoms with van der Waals surface area (Å²) in [6, 6.07) is -0.271. The highest BCUT2D eigenvalue weighted by atomic mass is 16.6. The van der Waals surface area contributed by atoms with Crippen molar-refractivity contribution in [3.63, 3.8) is 0 Å². The number of hydrogen-bond acceptors (Lipinski definition) is 6. The zero-order valence-electron chi connectivity index (χ0n) is 10.4. The van der Waals surface area contributed by atoms with E-state index in [1.54, 1.807) is 23.4 Å². The van der Waals surface area contributed by atoms with Crippen LogP contribution in [-0.4, -0.2) is 52.0 Å². The van der Waals surface area contributed by atoms with Crippen LogP contribution in [0.2, 0.25) is 0 Å². The number of rotatable bonds is 3. The molecule has 1 fully saturated rings. The molecule has 18 heavy (non-hydrogen) atoms. The molecule has 0 amide bonds. The van der Waals surface area contributed by atoms with E-state index < -0.39 is 4.92 Å². The monoisotopic (exact) mass is 256 g/mol. The second kappa shape index (κ2) is 4.91. The molecule has 0 radical (unpaired) electrons. The molecule has 8 nitrogen and oxygen atoms in total. The van der Waals surface area contributed by atoms with E-state index in [-0.39, 0.29) is 18.5 Å². The minimum absolute atomic E-state index is 0.110. The molecule has 2 heterocycles. The van der Waals surface area contributed by atoms with Crippen LogP contribution in [0.3, 0.4) is 0 Å². The first-order valence-corrected chi connectivity index (χ1v) is 5.69. The van der Waals surface area contributed by atoms with Crippen molar-refractivity contribution in [1.82, 2.24) is 9.55 Å². The molecule has 0 spiro atoms. The SMILES string of the molecule is Cc1nc([N+](=O)[O-])c(N2CCOCC2CO)n1C. The lowest BCUT2D eigenvalue weighted by atomic mass is 10.2. The van der Waals surface area contributed by atoms with Gasteiger partial charge in [0, 0.05) is 20.5 Å². The minimum Gasteiger partial charge on any atom is -0.394 e. The van der Waals surface area contributed by atoms with E-state index in [2.05, 4.69) is 4.98 Å². The van der Waals surface area contributed by atoms with E-state index in [9.17, 15) is 15.2 Å². The molecule has 1 N–H and O–H groups in total. The molecule has 100 valence electrons. The lowest BCUT2D eigenvalue weighted by Gasteiger charge is -2.35. The van der Waals surface area contributed by atoms with Gasteiger partial charge in [0.15, 0.2) is 0 Å². The van der Waals surface area contributed by atoms with Gasteiger partial charge in [-0.1, -0.05) is 0 Å². The fourth-order valence-electron chi connectivity index (χ4n) is 2.11. The summed E-state index contributed by atoms with van der Waals surface area (Å²) in [6.45, 7) is 2.95. The molecular formula is C10H16N4O4. The summed E-state index contributed by atoms with van der Waals surface area (Å²) in [5, 5.41) is 20.4. The third-order valence-corrected chi connectivity index (χ3v) is 3.15. The summed E-state index contributed by atoms with van der Waals surface area (Å²) in [7, 11) is 1.73. The van der Waals surface area contributed by atoms with E-state index >= 15 is 0 Å². The number of hydrogen-bond donors (Lipinski definition) is 1. The predicted molar refractivity (Wildman–Crippen MR) is 63.6 cm³/mol. The largest absolute Gasteiger partial charge is 0.406 e. The fourth-order valence-corrected chi connectivity index (χ4v) is 2.11. The Morgan fingerprint density at radius 2 is 2.39 bits per heavy atom. The zero-order chi connectivity index (χ0) is 13.3. The van der Waals surface area contributed by atoms with Gasteiger partial charge in [0.25, 0.3) is 0 Å². The number of ether oxygens (including phenoxy) is 1. The number of imidazole rings is 1. The summed E-state index contributed by atoms with van der Waals surface area (Å²) in [5.74, 6) is 0.829. The molecule has 1 aliphatic rings. The van der Waals surface area contributed by atoms with Crippen LogP contribution in [-0.2, 0) is 11.8 Å². The van der Waals surface area contributed by atoms with E-state index in [1.807, 2.05) is 0 Å². The Bertz CT molecular complexity index is 459. The molecule has 1 aromatic rings. The molecule has 1 saturated heterocycles. The van der Waals surface area contributed by atoms with E-state index in [0.29, 0.717) is 31.4 Å². The summed E-state index contributed by atoms with van der Waals surface area (Å²) in [5.41, 5.74) is 0. The molecule has 0 aromatic carbocycles. The van der Waals surface area contributed by atoms with Gasteiger partial charge < -0.3 is 24.9 Å². The first-order chi connectivity index (χ1) is 8.56. The first kappa shape index (κ1) is 12.8. The summed E-state index contributed by atoms with van der Waals surface area (Å²) in [4.78, 5) is 16.3. The Kier molecular flexibility index (Phi) is 3.48. The van der Waals surface area contributed by atoms with Crippen LogP contribution in [0.4, 0.5) is 11.6 Å². The molecule has 1 unspecified atom stereocenters. The van der Waals surface area contributed by atoms with Gasteiger partial charge in [0.2, 0.25) is 11.6 Å². The lowest BCUT2D eigenvalue weighted by molar-refractivity contribution is -0.388. The van der Waals surface area contributed by atoms with E-state index in [1.165, 1.54) is 0 Å². The van der Waals surface area contributed by atoms with Gasteiger partial charge in [0.1, 0.15) is 0 Å². The summed E-state index contributed by atoms with van der Waals surface area (Å²) >= 11 is 0. The fraction of sp³-hybridized carbons (Fsp3) is 0.700. The quantitative estimate of drug-likeness (QED) is 0.596. The van der Waals surface area contributed by atoms with Crippen molar-refractivity contribution < 1.29 is 14.8 Å². The van der Waals surface area contributed by atoms with Crippen molar-refractivity contribution in [2.45, 2.75) is 13.0 Å². The minimum atomic E-state index is -0.494. The zero-order valence-corrected chi connectivity index (χ0v) is 10.4. The third-order valence-electron chi connectivity index (χ3n) is 3.15. The van der Waals surface area contributed by atoms with Gasteiger partial charge in [-0.2, -0.15) is 0 Å². The molecule has 0 aliphatic carbocycles. The normalized spacial score (nSPS) is 20.2. The Labute approximate surface area is 104 Å². The average molecular weight is 256 g/mol. The summed E-state index contributed by atoms with van der Waals surface area (Å²) < 4.78 is 6.94. The number of nitro groups is 1. The Morgan fingerprint density at radius 1 is 1.67 bits per heavy atom. The van der Waals surface area contributed by atoms with Crippen LogP contribution in [0.1, 0.15) is 5.82 Å². The molecule has 8 heteroatoms. The highest BCUT2D eigenvalue weighted by Crippen LogP contribution is 2.30. The second-order valence-electron chi connectivity index (χ2n) is 4.23. The Morgan fingerprint density at radius 3 is 3.00 bits per heavy atom. The molecule has 2 rings (SSSR count). The highest BCUT2D eigenvalue weighted by Gasteiger charge is 2.33. The van der Waals surface area contributed by atoms with Gasteiger partial charge in [0.05, 0.1) is 25.9 Å². The maximum atomic E-state index is 11.0. The maximum absolute atomic E-state index is 11.0. The van der Waals surface area contributed by atoms with Crippen LogP contribution in [0.15, 0.2) is 0 Å². The van der Waals surface area contributed by atoms with Gasteiger partial charge >= 0.3 is 5.82 Å². The van der Waals surface area contributed by atoms with Crippen LogP contribution in [0.5, 0.6) is 0 Å². The first-order valence-electron chi connectivity index (χ1n) is 5.69. The van der Waals surface area contributed by atoms with Crippen molar-refractivity contribution in [1.29, 1.82) is 0 Å². The van der Waals surface area contributed by atoms with Crippen molar-refractivity contribution >= 4 is 11.6 Å².